The summed E-state index contributed by atoms with van der Waals surface area (Å²) in [5.74, 6) is -0.937. The molecule has 4 aromatic rings. The average Bonchev–Trinajstić information content (AvgIpc) is 3.21. The Hall–Kier alpha value is -4.57. The molecule has 0 saturated carbocycles. The van der Waals surface area contributed by atoms with Crippen LogP contribution in [0.25, 0.3) is 5.69 Å². The lowest BCUT2D eigenvalue weighted by molar-refractivity contribution is 0.0511. The van der Waals surface area contributed by atoms with E-state index < -0.39 is 11.8 Å². The van der Waals surface area contributed by atoms with Crippen LogP contribution in [0.3, 0.4) is 0 Å². The van der Waals surface area contributed by atoms with Crippen molar-refractivity contribution in [2.75, 3.05) is 6.61 Å². The van der Waals surface area contributed by atoms with Crippen molar-refractivity contribution in [3.63, 3.8) is 0 Å². The van der Waals surface area contributed by atoms with Crippen LogP contribution in [-0.2, 0) is 18.0 Å². The number of halogens is 1. The maximum absolute atomic E-state index is 13.7. The van der Waals surface area contributed by atoms with E-state index in [-0.39, 0.29) is 42.7 Å². The Morgan fingerprint density at radius 2 is 1.40 bits per heavy atom. The Labute approximate surface area is 202 Å². The Morgan fingerprint density at radius 3 is 1.91 bits per heavy atom. The van der Waals surface area contributed by atoms with Crippen LogP contribution in [0.5, 0.6) is 11.5 Å². The van der Waals surface area contributed by atoms with Gasteiger partial charge >= 0.3 is 5.97 Å². The standard InChI is InChI=1S/C28H23FN2O4/c1-2-33-28(32)25-27(35-19-21-11-7-4-8-12-21)26(34-18-20-9-5-3-6-10-20)24(17-30)31(25)23-15-13-22(29)14-16-23/h3-16H,2,18-19H2,1H3. The van der Waals surface area contributed by atoms with Gasteiger partial charge in [-0.1, -0.05) is 60.7 Å². The Kier molecular flexibility index (Phi) is 7.44. The number of rotatable bonds is 9. The first kappa shape index (κ1) is 23.6. The van der Waals surface area contributed by atoms with Gasteiger partial charge in [0.05, 0.1) is 6.61 Å². The number of nitrogens with zero attached hydrogens (tertiary/aromatic N) is 2. The fourth-order valence-electron chi connectivity index (χ4n) is 3.59. The highest BCUT2D eigenvalue weighted by Gasteiger charge is 2.32. The molecule has 7 heteroatoms. The Balaban J connectivity index is 1.86. The first-order valence-electron chi connectivity index (χ1n) is 11.1. The molecule has 0 spiro atoms. The summed E-state index contributed by atoms with van der Waals surface area (Å²) >= 11 is 0. The lowest BCUT2D eigenvalue weighted by atomic mass is 10.2. The smallest absolute Gasteiger partial charge is 0.359 e. The number of benzene rings is 3. The van der Waals surface area contributed by atoms with Crippen LogP contribution in [-0.4, -0.2) is 17.1 Å². The molecule has 0 unspecified atom stereocenters. The molecule has 4 rings (SSSR count). The number of aromatic nitrogens is 1. The maximum Gasteiger partial charge on any atom is 0.359 e. The minimum Gasteiger partial charge on any atom is -0.483 e. The molecule has 1 heterocycles. The van der Waals surface area contributed by atoms with Crippen LogP contribution < -0.4 is 9.47 Å². The third-order valence-corrected chi connectivity index (χ3v) is 5.20. The molecule has 0 saturated heterocycles. The van der Waals surface area contributed by atoms with Gasteiger partial charge in [-0.3, -0.25) is 4.57 Å². The molecule has 1 aromatic heterocycles. The van der Waals surface area contributed by atoms with Crippen LogP contribution in [0.1, 0.15) is 34.2 Å². The molecule has 0 aliphatic heterocycles. The summed E-state index contributed by atoms with van der Waals surface area (Å²) in [6, 6.07) is 26.4. The highest BCUT2D eigenvalue weighted by molar-refractivity contribution is 5.94. The van der Waals surface area contributed by atoms with Crippen molar-refractivity contribution in [1.29, 1.82) is 5.26 Å². The van der Waals surface area contributed by atoms with Gasteiger partial charge < -0.3 is 14.2 Å². The van der Waals surface area contributed by atoms with E-state index in [2.05, 4.69) is 6.07 Å². The quantitative estimate of drug-likeness (QED) is 0.288. The predicted molar refractivity (Wildman–Crippen MR) is 128 cm³/mol. The maximum atomic E-state index is 13.7. The molecule has 0 amide bonds. The second-order valence-corrected chi connectivity index (χ2v) is 7.55. The van der Waals surface area contributed by atoms with Gasteiger partial charge in [0.25, 0.3) is 0 Å². The fraction of sp³-hybridized carbons (Fsp3) is 0.143. The molecule has 0 N–H and O–H groups in total. The molecular weight excluding hydrogens is 447 g/mol. The largest absolute Gasteiger partial charge is 0.483 e. The number of carbonyl (C=O) groups is 1. The van der Waals surface area contributed by atoms with Gasteiger partial charge in [0.1, 0.15) is 25.1 Å². The van der Waals surface area contributed by atoms with Crippen LogP contribution in [0, 0.1) is 17.1 Å². The van der Waals surface area contributed by atoms with Crippen molar-refractivity contribution in [1.82, 2.24) is 4.57 Å². The zero-order valence-corrected chi connectivity index (χ0v) is 19.1. The summed E-state index contributed by atoms with van der Waals surface area (Å²) in [6.07, 6.45) is 0. The topological polar surface area (TPSA) is 73.5 Å². The third-order valence-electron chi connectivity index (χ3n) is 5.20. The zero-order chi connectivity index (χ0) is 24.6. The van der Waals surface area contributed by atoms with Crippen LogP contribution in [0.4, 0.5) is 4.39 Å². The van der Waals surface area contributed by atoms with Gasteiger partial charge in [0.2, 0.25) is 0 Å². The molecule has 0 fully saturated rings. The normalized spacial score (nSPS) is 10.4. The van der Waals surface area contributed by atoms with E-state index in [4.69, 9.17) is 14.2 Å². The van der Waals surface area contributed by atoms with Crippen molar-refractivity contribution >= 4 is 5.97 Å². The number of hydrogen-bond acceptors (Lipinski definition) is 5. The molecule has 0 radical (unpaired) electrons. The van der Waals surface area contributed by atoms with Gasteiger partial charge in [-0.15, -0.1) is 0 Å². The van der Waals surface area contributed by atoms with Crippen LogP contribution >= 0.6 is 0 Å². The summed E-state index contributed by atoms with van der Waals surface area (Å²) in [5, 5.41) is 10.1. The lowest BCUT2D eigenvalue weighted by Gasteiger charge is -2.12. The van der Waals surface area contributed by atoms with Gasteiger partial charge in [-0.25, -0.2) is 9.18 Å². The van der Waals surface area contributed by atoms with Crippen molar-refractivity contribution in [3.8, 4) is 23.3 Å². The predicted octanol–water partition coefficient (Wildman–Crippen LogP) is 5.82. The summed E-state index contributed by atoms with van der Waals surface area (Å²) < 4.78 is 32.5. The molecule has 0 bridgehead atoms. The number of hydrogen-bond donors (Lipinski definition) is 0. The van der Waals surface area contributed by atoms with E-state index in [0.29, 0.717) is 5.69 Å². The van der Waals surface area contributed by atoms with Gasteiger partial charge in [0.15, 0.2) is 22.9 Å². The van der Waals surface area contributed by atoms with Gasteiger partial charge in [0, 0.05) is 5.69 Å². The van der Waals surface area contributed by atoms with E-state index in [1.165, 1.54) is 28.8 Å². The molecule has 3 aromatic carbocycles. The minimum atomic E-state index is -0.689. The Morgan fingerprint density at radius 1 is 0.857 bits per heavy atom. The monoisotopic (exact) mass is 470 g/mol. The van der Waals surface area contributed by atoms with Crippen molar-refractivity contribution < 1.29 is 23.4 Å². The molecule has 6 nitrogen and oxygen atoms in total. The zero-order valence-electron chi connectivity index (χ0n) is 19.1. The average molecular weight is 471 g/mol. The molecular formula is C28H23FN2O4. The third kappa shape index (κ3) is 5.33. The second kappa shape index (κ2) is 11.0. The molecule has 0 aliphatic rings. The highest BCUT2D eigenvalue weighted by atomic mass is 19.1. The Bertz CT molecular complexity index is 1330. The number of ether oxygens (including phenoxy) is 3. The van der Waals surface area contributed by atoms with Gasteiger partial charge in [-0.2, -0.15) is 5.26 Å². The summed E-state index contributed by atoms with van der Waals surface area (Å²) in [6.45, 7) is 2.08. The highest BCUT2D eigenvalue weighted by Crippen LogP contribution is 2.41. The van der Waals surface area contributed by atoms with E-state index in [1.54, 1.807) is 6.92 Å². The molecule has 35 heavy (non-hydrogen) atoms. The molecule has 0 atom stereocenters. The van der Waals surface area contributed by atoms with Crippen molar-refractivity contribution in [2.24, 2.45) is 0 Å². The summed E-state index contributed by atoms with van der Waals surface area (Å²) in [5.41, 5.74) is 2.17. The summed E-state index contributed by atoms with van der Waals surface area (Å²) in [4.78, 5) is 13.1. The number of carbonyl (C=O) groups excluding carboxylic acids is 1. The molecule has 0 aliphatic carbocycles. The van der Waals surface area contributed by atoms with Crippen molar-refractivity contribution in [2.45, 2.75) is 20.1 Å². The van der Waals surface area contributed by atoms with E-state index in [0.717, 1.165) is 11.1 Å². The number of esters is 1. The fourth-order valence-corrected chi connectivity index (χ4v) is 3.59. The van der Waals surface area contributed by atoms with Crippen LogP contribution in [0.15, 0.2) is 84.9 Å². The lowest BCUT2D eigenvalue weighted by Crippen LogP contribution is -2.13. The first-order valence-corrected chi connectivity index (χ1v) is 11.1. The van der Waals surface area contributed by atoms with E-state index in [1.807, 2.05) is 60.7 Å². The van der Waals surface area contributed by atoms with E-state index >= 15 is 0 Å². The van der Waals surface area contributed by atoms with Gasteiger partial charge in [-0.05, 0) is 42.3 Å². The second-order valence-electron chi connectivity index (χ2n) is 7.55. The summed E-state index contributed by atoms with van der Waals surface area (Å²) in [7, 11) is 0. The number of nitriles is 1. The first-order chi connectivity index (χ1) is 17.1. The SMILES string of the molecule is CCOC(=O)c1c(OCc2ccccc2)c(OCc2ccccc2)c(C#N)n1-c1ccc(F)cc1. The van der Waals surface area contributed by atoms with E-state index in [9.17, 15) is 14.4 Å². The molecule has 176 valence electrons. The van der Waals surface area contributed by atoms with Crippen molar-refractivity contribution in [3.05, 3.63) is 113 Å². The minimum absolute atomic E-state index is 0.00555. The van der Waals surface area contributed by atoms with Crippen LogP contribution in [0.2, 0.25) is 0 Å².